The van der Waals surface area contributed by atoms with Gasteiger partial charge in [-0.1, -0.05) is 19.8 Å². The van der Waals surface area contributed by atoms with Crippen molar-refractivity contribution in [2.75, 3.05) is 6.61 Å². The van der Waals surface area contributed by atoms with E-state index in [-0.39, 0.29) is 36.2 Å². The molecule has 0 radical (unpaired) electrons. The van der Waals surface area contributed by atoms with Gasteiger partial charge >= 0.3 is 36.9 Å². The molecule has 1 unspecified atom stereocenters. The van der Waals surface area contributed by atoms with Crippen molar-refractivity contribution in [3.63, 3.8) is 0 Å². The van der Waals surface area contributed by atoms with Crippen LogP contribution in [0.1, 0.15) is 26.2 Å². The zero-order valence-corrected chi connectivity index (χ0v) is 7.22. The fourth-order valence-electron chi connectivity index (χ4n) is 0.531. The third-order valence-electron chi connectivity index (χ3n) is 1.10. The predicted molar refractivity (Wildman–Crippen MR) is 52.2 cm³/mol. The fourth-order valence-corrected chi connectivity index (χ4v) is 0.531. The van der Waals surface area contributed by atoms with Crippen LogP contribution in [0.25, 0.3) is 0 Å². The van der Waals surface area contributed by atoms with Gasteiger partial charge in [-0.25, -0.2) is 0 Å². The standard InChI is InChI=1S/C6H14O2.BH3O3.Na.H/c1-2-3-4-6(8)5-7;2-1(3)4;;/h6-8H,2-5H2,1H3;2-4H;;. The van der Waals surface area contributed by atoms with E-state index in [9.17, 15) is 0 Å². The Morgan fingerprint density at radius 2 is 1.62 bits per heavy atom. The van der Waals surface area contributed by atoms with E-state index in [1.54, 1.807) is 0 Å². The van der Waals surface area contributed by atoms with Crippen LogP contribution in [0.4, 0.5) is 0 Å². The van der Waals surface area contributed by atoms with Crippen molar-refractivity contribution >= 4 is 36.9 Å². The molecule has 0 amide bonds. The molecule has 13 heavy (non-hydrogen) atoms. The molecule has 0 aromatic carbocycles. The minimum absolute atomic E-state index is 0. The first kappa shape index (κ1) is 19.4. The molecular weight excluding hydrogens is 186 g/mol. The van der Waals surface area contributed by atoms with Crippen LogP contribution < -0.4 is 0 Å². The molecule has 0 rings (SSSR count). The van der Waals surface area contributed by atoms with Gasteiger partial charge in [0.25, 0.3) is 0 Å². The maximum atomic E-state index is 8.74. The number of hydrogen-bond acceptors (Lipinski definition) is 5. The second-order valence-electron chi connectivity index (χ2n) is 2.33. The van der Waals surface area contributed by atoms with Gasteiger partial charge in [0, 0.05) is 0 Å². The summed E-state index contributed by atoms with van der Waals surface area (Å²) in [6.45, 7) is 1.96. The van der Waals surface area contributed by atoms with Gasteiger partial charge in [-0.3, -0.25) is 0 Å². The van der Waals surface area contributed by atoms with Crippen molar-refractivity contribution < 1.29 is 25.3 Å². The van der Waals surface area contributed by atoms with Gasteiger partial charge in [-0.05, 0) is 6.42 Å². The van der Waals surface area contributed by atoms with Crippen molar-refractivity contribution in [3.8, 4) is 0 Å². The molecule has 0 saturated carbocycles. The quantitative estimate of drug-likeness (QED) is 0.335. The average molecular weight is 204 g/mol. The summed E-state index contributed by atoms with van der Waals surface area (Å²) in [5.74, 6) is 0. The Hall–Kier alpha value is 0.865. The van der Waals surface area contributed by atoms with E-state index < -0.39 is 13.4 Å². The van der Waals surface area contributed by atoms with E-state index in [1.165, 1.54) is 0 Å². The van der Waals surface area contributed by atoms with Crippen LogP contribution in [-0.4, -0.2) is 74.9 Å². The van der Waals surface area contributed by atoms with Crippen LogP contribution in [0.5, 0.6) is 0 Å². The number of aliphatic hydroxyl groups excluding tert-OH is 2. The van der Waals surface area contributed by atoms with E-state index >= 15 is 0 Å². The predicted octanol–water partition coefficient (Wildman–Crippen LogP) is -2.17. The molecule has 0 heterocycles. The fraction of sp³-hybridized carbons (Fsp3) is 1.00. The van der Waals surface area contributed by atoms with Crippen LogP contribution in [0.2, 0.25) is 0 Å². The summed E-state index contributed by atoms with van der Waals surface area (Å²) >= 11 is 0. The number of unbranched alkanes of at least 4 members (excludes halogenated alkanes) is 1. The van der Waals surface area contributed by atoms with Crippen LogP contribution in [0.15, 0.2) is 0 Å². The molecule has 0 saturated heterocycles. The van der Waals surface area contributed by atoms with Crippen LogP contribution in [0.3, 0.4) is 0 Å². The molecule has 0 aromatic rings. The Balaban J connectivity index is -0.000000173. The second-order valence-corrected chi connectivity index (χ2v) is 2.33. The van der Waals surface area contributed by atoms with Gasteiger partial charge in [0.2, 0.25) is 0 Å². The minimum atomic E-state index is -2.17. The number of aliphatic hydroxyl groups is 2. The van der Waals surface area contributed by atoms with E-state index in [2.05, 4.69) is 6.92 Å². The first-order valence-corrected chi connectivity index (χ1v) is 3.87. The summed E-state index contributed by atoms with van der Waals surface area (Å²) < 4.78 is 0. The summed E-state index contributed by atoms with van der Waals surface area (Å²) in [6, 6.07) is 0. The molecule has 7 heteroatoms. The third-order valence-corrected chi connectivity index (χ3v) is 1.10. The van der Waals surface area contributed by atoms with Gasteiger partial charge in [0.05, 0.1) is 12.7 Å². The molecule has 1 atom stereocenters. The van der Waals surface area contributed by atoms with Gasteiger partial charge in [-0.15, -0.1) is 0 Å². The van der Waals surface area contributed by atoms with Crippen molar-refractivity contribution in [1.29, 1.82) is 0 Å². The number of hydrogen-bond donors (Lipinski definition) is 5. The molecule has 0 spiro atoms. The first-order chi connectivity index (χ1) is 5.54. The van der Waals surface area contributed by atoms with Gasteiger partial charge in [0.15, 0.2) is 0 Å². The first-order valence-electron chi connectivity index (χ1n) is 3.87. The zero-order valence-electron chi connectivity index (χ0n) is 7.22. The molecule has 0 aliphatic rings. The molecule has 5 nitrogen and oxygen atoms in total. The summed E-state index contributed by atoms with van der Waals surface area (Å²) in [4.78, 5) is 0. The molecule has 0 aromatic heterocycles. The summed E-state index contributed by atoms with van der Waals surface area (Å²) in [5, 5.41) is 38.6. The van der Waals surface area contributed by atoms with Crippen molar-refractivity contribution in [3.05, 3.63) is 0 Å². The third kappa shape index (κ3) is 32.2. The van der Waals surface area contributed by atoms with Crippen LogP contribution in [0, 0.1) is 0 Å². The molecule has 0 aliphatic carbocycles. The Morgan fingerprint density at radius 1 is 1.23 bits per heavy atom. The van der Waals surface area contributed by atoms with Crippen molar-refractivity contribution in [2.24, 2.45) is 0 Å². The molecule has 76 valence electrons. The van der Waals surface area contributed by atoms with Gasteiger partial charge in [-0.2, -0.15) is 0 Å². The van der Waals surface area contributed by atoms with Crippen LogP contribution >= 0.6 is 0 Å². The summed E-state index contributed by atoms with van der Waals surface area (Å²) in [5.41, 5.74) is 0. The molecule has 0 aliphatic heterocycles. The molecular formula is C6H18BNaO5. The summed E-state index contributed by atoms with van der Waals surface area (Å²) in [7, 11) is -2.17. The SMILES string of the molecule is CCCCC(O)CO.OB(O)O.[NaH]. The van der Waals surface area contributed by atoms with Gasteiger partial charge in [0.1, 0.15) is 0 Å². The molecule has 5 N–H and O–H groups in total. The topological polar surface area (TPSA) is 101 Å². The van der Waals surface area contributed by atoms with Crippen molar-refractivity contribution in [1.82, 2.24) is 0 Å². The Kier molecular flexibility index (Phi) is 22.9. The Bertz CT molecular complexity index is 82.7. The van der Waals surface area contributed by atoms with Gasteiger partial charge < -0.3 is 25.3 Å². The normalized spacial score (nSPS) is 10.6. The second kappa shape index (κ2) is 15.3. The van der Waals surface area contributed by atoms with Crippen LogP contribution in [-0.2, 0) is 0 Å². The van der Waals surface area contributed by atoms with E-state index in [0.717, 1.165) is 19.3 Å². The maximum absolute atomic E-state index is 8.74. The van der Waals surface area contributed by atoms with E-state index in [0.29, 0.717) is 0 Å². The number of rotatable bonds is 4. The molecule has 0 fully saturated rings. The zero-order chi connectivity index (χ0) is 9.98. The average Bonchev–Trinajstić information content (AvgIpc) is 1.99. The molecule has 0 bridgehead atoms. The van der Waals surface area contributed by atoms with Crippen molar-refractivity contribution in [2.45, 2.75) is 32.3 Å². The monoisotopic (exact) mass is 204 g/mol. The van der Waals surface area contributed by atoms with E-state index in [4.69, 9.17) is 25.3 Å². The Labute approximate surface area is 101 Å². The summed E-state index contributed by atoms with van der Waals surface area (Å²) in [6.07, 6.45) is 2.32. The van der Waals surface area contributed by atoms with E-state index in [1.807, 2.05) is 0 Å². The Morgan fingerprint density at radius 3 is 1.85 bits per heavy atom.